The minimum atomic E-state index is -0.0721. The van der Waals surface area contributed by atoms with E-state index in [1.54, 1.807) is 11.3 Å². The molecule has 1 aromatic heterocycles. The van der Waals surface area contributed by atoms with Crippen LogP contribution in [0.2, 0.25) is 0 Å². The molecule has 0 unspecified atom stereocenters. The Morgan fingerprint density at radius 1 is 1.50 bits per heavy atom. The fourth-order valence-electron chi connectivity index (χ4n) is 1.52. The van der Waals surface area contributed by atoms with Crippen molar-refractivity contribution in [2.24, 2.45) is 0 Å². The van der Waals surface area contributed by atoms with Crippen molar-refractivity contribution in [3.8, 4) is 0 Å². The predicted octanol–water partition coefficient (Wildman–Crippen LogP) is 2.75. The number of thiophene rings is 1. The van der Waals surface area contributed by atoms with Gasteiger partial charge in [-0.2, -0.15) is 0 Å². The number of rotatable bonds is 2. The van der Waals surface area contributed by atoms with Crippen molar-refractivity contribution in [1.82, 2.24) is 0 Å². The van der Waals surface area contributed by atoms with Crippen LogP contribution in [0.25, 0.3) is 0 Å². The normalized spacial score (nSPS) is 29.4. The summed E-state index contributed by atoms with van der Waals surface area (Å²) in [5, 5.41) is 12.1. The zero-order chi connectivity index (χ0) is 8.39. The van der Waals surface area contributed by atoms with Crippen LogP contribution in [0.5, 0.6) is 0 Å². The molecular formula is C9H12OS2. The zero-order valence-corrected chi connectivity index (χ0v) is 8.40. The van der Waals surface area contributed by atoms with Gasteiger partial charge in [0.2, 0.25) is 0 Å². The van der Waals surface area contributed by atoms with E-state index in [0.717, 1.165) is 6.42 Å². The molecule has 0 saturated heterocycles. The first kappa shape index (κ1) is 8.60. The summed E-state index contributed by atoms with van der Waals surface area (Å²) >= 11 is 3.60. The van der Waals surface area contributed by atoms with Crippen molar-refractivity contribution in [3.05, 3.63) is 17.5 Å². The second-order valence-electron chi connectivity index (χ2n) is 3.09. The molecule has 3 heteroatoms. The molecule has 1 nitrogen and oxygen atoms in total. The molecule has 1 N–H and O–H groups in total. The van der Waals surface area contributed by atoms with E-state index in [1.807, 2.05) is 11.8 Å². The molecule has 1 aliphatic carbocycles. The van der Waals surface area contributed by atoms with Crippen LogP contribution in [0.15, 0.2) is 21.7 Å². The Bertz CT molecular complexity index is 233. The molecule has 0 amide bonds. The predicted molar refractivity (Wildman–Crippen MR) is 53.8 cm³/mol. The quantitative estimate of drug-likeness (QED) is 0.792. The molecule has 1 heterocycles. The molecule has 1 saturated carbocycles. The maximum atomic E-state index is 9.57. The molecule has 2 rings (SSSR count). The Hall–Kier alpha value is 0.01000. The summed E-state index contributed by atoms with van der Waals surface area (Å²) < 4.78 is 1.33. The summed E-state index contributed by atoms with van der Waals surface area (Å²) in [6.45, 7) is 0. The Morgan fingerprint density at radius 3 is 3.00 bits per heavy atom. The average molecular weight is 200 g/mol. The molecular weight excluding hydrogens is 188 g/mol. The van der Waals surface area contributed by atoms with Crippen LogP contribution in [0.1, 0.15) is 19.3 Å². The molecule has 1 fully saturated rings. The fourth-order valence-corrected chi connectivity index (χ4v) is 3.76. The van der Waals surface area contributed by atoms with Gasteiger partial charge in [-0.3, -0.25) is 0 Å². The van der Waals surface area contributed by atoms with E-state index in [2.05, 4.69) is 17.5 Å². The van der Waals surface area contributed by atoms with Crippen LogP contribution >= 0.6 is 23.1 Å². The summed E-state index contributed by atoms with van der Waals surface area (Å²) in [6.07, 6.45) is 3.27. The Morgan fingerprint density at radius 2 is 2.42 bits per heavy atom. The maximum absolute atomic E-state index is 9.57. The summed E-state index contributed by atoms with van der Waals surface area (Å²) in [5.41, 5.74) is 0. The van der Waals surface area contributed by atoms with Gasteiger partial charge in [-0.1, -0.05) is 6.07 Å². The van der Waals surface area contributed by atoms with Gasteiger partial charge >= 0.3 is 0 Å². The highest BCUT2D eigenvalue weighted by molar-refractivity contribution is 8.01. The lowest BCUT2D eigenvalue weighted by molar-refractivity contribution is 0.188. The highest BCUT2D eigenvalue weighted by Gasteiger charge is 2.25. The number of thioether (sulfide) groups is 1. The van der Waals surface area contributed by atoms with Crippen LogP contribution in [0.4, 0.5) is 0 Å². The summed E-state index contributed by atoms with van der Waals surface area (Å²) in [4.78, 5) is 0. The Labute approximate surface area is 80.8 Å². The van der Waals surface area contributed by atoms with Crippen molar-refractivity contribution >= 4 is 23.1 Å². The van der Waals surface area contributed by atoms with Crippen molar-refractivity contribution in [3.63, 3.8) is 0 Å². The monoisotopic (exact) mass is 200 g/mol. The molecule has 0 aliphatic heterocycles. The second-order valence-corrected chi connectivity index (χ2v) is 5.57. The van der Waals surface area contributed by atoms with Crippen LogP contribution in [0, 0.1) is 0 Å². The first-order chi connectivity index (χ1) is 5.86. The topological polar surface area (TPSA) is 20.2 Å². The van der Waals surface area contributed by atoms with Crippen LogP contribution in [-0.4, -0.2) is 16.5 Å². The van der Waals surface area contributed by atoms with Gasteiger partial charge in [0, 0.05) is 5.25 Å². The van der Waals surface area contributed by atoms with Gasteiger partial charge in [-0.05, 0) is 30.7 Å². The molecule has 66 valence electrons. The summed E-state index contributed by atoms with van der Waals surface area (Å²) in [5.74, 6) is 0. The van der Waals surface area contributed by atoms with E-state index >= 15 is 0 Å². The van der Waals surface area contributed by atoms with Gasteiger partial charge in [0.25, 0.3) is 0 Å². The summed E-state index contributed by atoms with van der Waals surface area (Å²) in [6, 6.07) is 4.19. The van der Waals surface area contributed by atoms with E-state index in [9.17, 15) is 5.11 Å². The first-order valence-corrected chi connectivity index (χ1v) is 6.00. The van der Waals surface area contributed by atoms with Gasteiger partial charge in [-0.15, -0.1) is 23.1 Å². The first-order valence-electron chi connectivity index (χ1n) is 4.24. The number of aliphatic hydroxyl groups excluding tert-OH is 1. The van der Waals surface area contributed by atoms with E-state index in [-0.39, 0.29) is 6.10 Å². The molecule has 0 spiro atoms. The molecule has 1 aliphatic rings. The lowest BCUT2D eigenvalue weighted by atomic mass is 10.3. The number of aliphatic hydroxyl groups is 1. The van der Waals surface area contributed by atoms with Crippen molar-refractivity contribution < 1.29 is 5.11 Å². The van der Waals surface area contributed by atoms with Gasteiger partial charge in [0.05, 0.1) is 10.3 Å². The van der Waals surface area contributed by atoms with Crippen molar-refractivity contribution in [1.29, 1.82) is 0 Å². The van der Waals surface area contributed by atoms with E-state index in [0.29, 0.717) is 5.25 Å². The Kier molecular flexibility index (Phi) is 2.73. The van der Waals surface area contributed by atoms with E-state index in [1.165, 1.54) is 17.1 Å². The van der Waals surface area contributed by atoms with Crippen LogP contribution < -0.4 is 0 Å². The van der Waals surface area contributed by atoms with Crippen LogP contribution in [-0.2, 0) is 0 Å². The lowest BCUT2D eigenvalue weighted by Gasteiger charge is -2.11. The highest BCUT2D eigenvalue weighted by atomic mass is 32.2. The van der Waals surface area contributed by atoms with E-state index in [4.69, 9.17) is 0 Å². The summed E-state index contributed by atoms with van der Waals surface area (Å²) in [7, 11) is 0. The van der Waals surface area contributed by atoms with Gasteiger partial charge in [-0.25, -0.2) is 0 Å². The Balaban J connectivity index is 1.95. The number of hydrogen-bond acceptors (Lipinski definition) is 3. The molecule has 0 radical (unpaired) electrons. The smallest absolute Gasteiger partial charge is 0.0662 e. The second kappa shape index (κ2) is 3.81. The largest absolute Gasteiger partial charge is 0.392 e. The average Bonchev–Trinajstić information content (AvgIpc) is 2.65. The number of hydrogen-bond donors (Lipinski definition) is 1. The van der Waals surface area contributed by atoms with Crippen molar-refractivity contribution in [2.75, 3.05) is 0 Å². The molecule has 12 heavy (non-hydrogen) atoms. The molecule has 2 atom stereocenters. The van der Waals surface area contributed by atoms with Crippen LogP contribution in [0.3, 0.4) is 0 Å². The third-order valence-corrected chi connectivity index (χ3v) is 4.64. The van der Waals surface area contributed by atoms with Crippen molar-refractivity contribution in [2.45, 2.75) is 34.8 Å². The minimum absolute atomic E-state index is 0.0721. The lowest BCUT2D eigenvalue weighted by Crippen LogP contribution is -2.14. The highest BCUT2D eigenvalue weighted by Crippen LogP contribution is 2.36. The maximum Gasteiger partial charge on any atom is 0.0662 e. The van der Waals surface area contributed by atoms with Gasteiger partial charge < -0.3 is 5.11 Å². The van der Waals surface area contributed by atoms with Gasteiger partial charge in [0.1, 0.15) is 0 Å². The molecule has 1 aromatic rings. The van der Waals surface area contributed by atoms with Gasteiger partial charge in [0.15, 0.2) is 0 Å². The third kappa shape index (κ3) is 1.84. The standard InChI is InChI=1S/C9H12OS2/c10-7-3-1-4-8(7)12-9-5-2-6-11-9/h2,5-8,10H,1,3-4H2/t7-,8-/m0/s1. The molecule has 0 bridgehead atoms. The molecule has 0 aromatic carbocycles. The fraction of sp³-hybridized carbons (Fsp3) is 0.556. The SMILES string of the molecule is O[C@H]1CCC[C@@H]1Sc1cccs1. The van der Waals surface area contributed by atoms with E-state index < -0.39 is 0 Å². The third-order valence-electron chi connectivity index (χ3n) is 2.18. The zero-order valence-electron chi connectivity index (χ0n) is 6.77. The minimum Gasteiger partial charge on any atom is -0.392 e.